The number of tetrazole rings is 1. The van der Waals surface area contributed by atoms with Gasteiger partial charge in [-0.1, -0.05) is 18.7 Å². The summed E-state index contributed by atoms with van der Waals surface area (Å²) in [5, 5.41) is 23.8. The van der Waals surface area contributed by atoms with E-state index in [1.54, 1.807) is 0 Å². The second-order valence-electron chi connectivity index (χ2n) is 5.90. The van der Waals surface area contributed by atoms with Crippen molar-refractivity contribution in [3.63, 3.8) is 0 Å². The van der Waals surface area contributed by atoms with Crippen LogP contribution >= 0.6 is 23.5 Å². The second kappa shape index (κ2) is 6.59. The summed E-state index contributed by atoms with van der Waals surface area (Å²) >= 11 is 2.80. The molecule has 4 N–H and O–H groups in total. The molecule has 2 aliphatic rings. The molecule has 10 nitrogen and oxygen atoms in total. The Morgan fingerprint density at radius 1 is 1.60 bits per heavy atom. The van der Waals surface area contributed by atoms with E-state index < -0.39 is 16.9 Å². The summed E-state index contributed by atoms with van der Waals surface area (Å²) in [5.41, 5.74) is 6.48. The molecule has 1 aromatic rings. The number of carbonyl (C=O) groups is 2. The van der Waals surface area contributed by atoms with E-state index in [-0.39, 0.29) is 17.0 Å². The normalized spacial score (nSPS) is 25.6. The standard InChI is InChI=1S/C13H19N7O3S2/c1-4-13(19(2)3,25-12-15-17-18-16-12)6-5-24-10-7(14)9(21)20(10)8(6)11(22)23/h7,10H,4-5,14H2,1-3H3,(H,22,23)(H,15,16,17,18)/t7?,10-,13?/m0/s1. The fraction of sp³-hybridized carbons (Fsp3) is 0.615. The molecule has 136 valence electrons. The van der Waals surface area contributed by atoms with Crippen molar-refractivity contribution in [2.24, 2.45) is 5.73 Å². The number of likely N-dealkylation sites (N-methyl/N-ethyl adjacent to an activating group) is 1. The lowest BCUT2D eigenvalue weighted by Gasteiger charge is -2.51. The summed E-state index contributed by atoms with van der Waals surface area (Å²) in [7, 11) is 3.73. The number of nitrogens with one attached hydrogen (secondary N) is 1. The lowest BCUT2D eigenvalue weighted by molar-refractivity contribution is -0.148. The van der Waals surface area contributed by atoms with Crippen molar-refractivity contribution in [3.05, 3.63) is 11.3 Å². The quantitative estimate of drug-likeness (QED) is 0.334. The number of nitrogens with zero attached hydrogens (tertiary/aromatic N) is 5. The number of carboxylic acid groups (broad SMARTS) is 1. The summed E-state index contributed by atoms with van der Waals surface area (Å²) in [6, 6.07) is -0.652. The van der Waals surface area contributed by atoms with Crippen molar-refractivity contribution < 1.29 is 14.7 Å². The molecule has 1 aromatic heterocycles. The first kappa shape index (κ1) is 18.2. The Kier molecular flexibility index (Phi) is 4.79. The molecule has 2 aliphatic heterocycles. The van der Waals surface area contributed by atoms with Crippen LogP contribution in [0.5, 0.6) is 0 Å². The molecule has 0 saturated carbocycles. The van der Waals surface area contributed by atoms with Crippen LogP contribution in [0.3, 0.4) is 0 Å². The highest BCUT2D eigenvalue weighted by Gasteiger charge is 2.55. The van der Waals surface area contributed by atoms with Crippen LogP contribution in [0.1, 0.15) is 13.3 Å². The SMILES string of the molecule is CCC(Sc1nn[nH]n1)(C1=C(C(=O)O)N2C(=O)C(N)[C@@H]2SC1)N(C)C. The highest BCUT2D eigenvalue weighted by molar-refractivity contribution is 8.01. The first-order valence-corrected chi connectivity index (χ1v) is 9.47. The number of carboxylic acids is 1. The van der Waals surface area contributed by atoms with E-state index in [4.69, 9.17) is 5.73 Å². The Bertz CT molecular complexity index is 723. The molecule has 3 rings (SSSR count). The van der Waals surface area contributed by atoms with Gasteiger partial charge in [-0.3, -0.25) is 14.6 Å². The van der Waals surface area contributed by atoms with Crippen LogP contribution in [0.15, 0.2) is 16.4 Å². The Hall–Kier alpha value is -1.63. The van der Waals surface area contributed by atoms with Crippen LogP contribution in [-0.2, 0) is 9.59 Å². The molecule has 0 bridgehead atoms. The third-order valence-electron chi connectivity index (χ3n) is 4.47. The number of amides is 1. The predicted octanol–water partition coefficient (Wildman–Crippen LogP) is -0.459. The van der Waals surface area contributed by atoms with Gasteiger partial charge in [0.15, 0.2) is 0 Å². The molecule has 1 fully saturated rings. The number of thioether (sulfide) groups is 2. The average Bonchev–Trinajstić information content (AvgIpc) is 3.10. The minimum atomic E-state index is -1.13. The molecule has 3 heterocycles. The number of aromatic nitrogens is 4. The van der Waals surface area contributed by atoms with E-state index in [9.17, 15) is 14.7 Å². The van der Waals surface area contributed by atoms with E-state index in [0.29, 0.717) is 22.9 Å². The first-order valence-electron chi connectivity index (χ1n) is 7.60. The van der Waals surface area contributed by atoms with E-state index >= 15 is 0 Å². The Balaban J connectivity index is 2.12. The van der Waals surface area contributed by atoms with Crippen molar-refractivity contribution in [3.8, 4) is 0 Å². The van der Waals surface area contributed by atoms with Crippen molar-refractivity contribution in [2.45, 2.75) is 34.8 Å². The Labute approximate surface area is 152 Å². The number of H-pyrrole nitrogens is 1. The summed E-state index contributed by atoms with van der Waals surface area (Å²) in [6.07, 6.45) is 0.588. The lowest BCUT2D eigenvalue weighted by atomic mass is 9.97. The largest absolute Gasteiger partial charge is 0.477 e. The van der Waals surface area contributed by atoms with E-state index in [1.165, 1.54) is 28.4 Å². The fourth-order valence-corrected chi connectivity index (χ4v) is 5.76. The molecule has 0 aliphatic carbocycles. The molecule has 1 amide bonds. The van der Waals surface area contributed by atoms with Gasteiger partial charge in [-0.25, -0.2) is 4.79 Å². The molecular formula is C13H19N7O3S2. The minimum Gasteiger partial charge on any atom is -0.477 e. The fourth-order valence-electron chi connectivity index (χ4n) is 3.19. The highest BCUT2D eigenvalue weighted by Crippen LogP contribution is 2.49. The summed E-state index contributed by atoms with van der Waals surface area (Å²) in [6.45, 7) is 1.96. The molecule has 0 aromatic carbocycles. The van der Waals surface area contributed by atoms with Crippen molar-refractivity contribution in [2.75, 3.05) is 19.8 Å². The van der Waals surface area contributed by atoms with Crippen molar-refractivity contribution in [1.29, 1.82) is 0 Å². The van der Waals surface area contributed by atoms with Gasteiger partial charge in [-0.2, -0.15) is 5.21 Å². The van der Waals surface area contributed by atoms with Gasteiger partial charge in [0.25, 0.3) is 0 Å². The second-order valence-corrected chi connectivity index (χ2v) is 8.25. The van der Waals surface area contributed by atoms with E-state index in [0.717, 1.165) is 0 Å². The molecule has 25 heavy (non-hydrogen) atoms. The monoisotopic (exact) mass is 385 g/mol. The van der Waals surface area contributed by atoms with Gasteiger partial charge in [-0.05, 0) is 25.7 Å². The predicted molar refractivity (Wildman–Crippen MR) is 92.5 cm³/mol. The Morgan fingerprint density at radius 3 is 2.84 bits per heavy atom. The number of hydrogen-bond donors (Lipinski definition) is 3. The number of aromatic amines is 1. The van der Waals surface area contributed by atoms with Crippen LogP contribution in [0, 0.1) is 0 Å². The van der Waals surface area contributed by atoms with Crippen molar-refractivity contribution >= 4 is 35.4 Å². The van der Waals surface area contributed by atoms with E-state index in [1.807, 2.05) is 25.9 Å². The smallest absolute Gasteiger partial charge is 0.352 e. The van der Waals surface area contributed by atoms with Crippen LogP contribution in [0.2, 0.25) is 0 Å². The van der Waals surface area contributed by atoms with Gasteiger partial charge in [0.2, 0.25) is 11.1 Å². The number of nitrogens with two attached hydrogens (primary N) is 1. The third kappa shape index (κ3) is 2.72. The summed E-state index contributed by atoms with van der Waals surface area (Å²) in [5.74, 6) is -1.03. The maximum absolute atomic E-state index is 12.2. The van der Waals surface area contributed by atoms with Crippen LogP contribution < -0.4 is 5.73 Å². The van der Waals surface area contributed by atoms with Gasteiger partial charge in [0.1, 0.15) is 17.1 Å². The average molecular weight is 385 g/mol. The van der Waals surface area contributed by atoms with Gasteiger partial charge in [-0.15, -0.1) is 22.0 Å². The van der Waals surface area contributed by atoms with E-state index in [2.05, 4.69) is 20.6 Å². The molecule has 0 radical (unpaired) electrons. The van der Waals surface area contributed by atoms with Gasteiger partial charge >= 0.3 is 5.97 Å². The summed E-state index contributed by atoms with van der Waals surface area (Å²) in [4.78, 5) is 26.7. The molecule has 0 spiro atoms. The zero-order valence-corrected chi connectivity index (χ0v) is 15.6. The maximum atomic E-state index is 12.2. The van der Waals surface area contributed by atoms with Gasteiger partial charge in [0, 0.05) is 11.3 Å². The number of hydrogen-bond acceptors (Lipinski definition) is 9. The third-order valence-corrected chi connectivity index (χ3v) is 7.37. The lowest BCUT2D eigenvalue weighted by Crippen LogP contribution is -2.69. The first-order chi connectivity index (χ1) is 11.8. The number of β-lactam (4-membered cyclic amide) rings is 1. The summed E-state index contributed by atoms with van der Waals surface area (Å²) < 4.78 is 0. The topological polar surface area (TPSA) is 141 Å². The maximum Gasteiger partial charge on any atom is 0.352 e. The molecule has 3 atom stereocenters. The number of aliphatic carboxylic acids is 1. The van der Waals surface area contributed by atoms with Gasteiger partial charge in [0.05, 0.1) is 4.87 Å². The zero-order chi connectivity index (χ0) is 18.4. The van der Waals surface area contributed by atoms with Crippen LogP contribution in [0.25, 0.3) is 0 Å². The molecule has 12 heteroatoms. The molecule has 1 saturated heterocycles. The number of carbonyl (C=O) groups excluding carboxylic acids is 1. The Morgan fingerprint density at radius 2 is 2.32 bits per heavy atom. The number of rotatable bonds is 6. The molecule has 2 unspecified atom stereocenters. The van der Waals surface area contributed by atoms with Crippen molar-refractivity contribution in [1.82, 2.24) is 30.4 Å². The highest BCUT2D eigenvalue weighted by atomic mass is 32.2. The minimum absolute atomic E-state index is 0.0157. The zero-order valence-electron chi connectivity index (χ0n) is 14.0. The van der Waals surface area contributed by atoms with Crippen LogP contribution in [-0.4, -0.2) is 83.5 Å². The van der Waals surface area contributed by atoms with Gasteiger partial charge < -0.3 is 10.8 Å². The van der Waals surface area contributed by atoms with Crippen LogP contribution in [0.4, 0.5) is 0 Å². The number of fused-ring (bicyclic) bond motifs is 1. The molecular weight excluding hydrogens is 366 g/mol.